The Kier molecular flexibility index (Phi) is 4.20. The van der Waals surface area contributed by atoms with Crippen LogP contribution in [0.4, 0.5) is 16.5 Å². The molecule has 3 aromatic rings. The number of hydrogen-bond donors (Lipinski definition) is 1. The van der Waals surface area contributed by atoms with Gasteiger partial charge in [0, 0.05) is 38.1 Å². The van der Waals surface area contributed by atoms with Gasteiger partial charge in [-0.1, -0.05) is 18.2 Å². The van der Waals surface area contributed by atoms with E-state index >= 15 is 0 Å². The number of nitrogens with zero attached hydrogens (tertiary/aromatic N) is 4. The van der Waals surface area contributed by atoms with Gasteiger partial charge < -0.3 is 19.5 Å². The van der Waals surface area contributed by atoms with E-state index in [1.165, 1.54) is 0 Å². The van der Waals surface area contributed by atoms with Gasteiger partial charge in [0.2, 0.25) is 5.65 Å². The standard InChI is InChI=1S/C18H19N5O2/c24-17(20-14-6-2-1-3-7-14)22-10-5-11-23(13-12-22)18-21-16-15(25-18)8-4-9-19-16/h1-4,6-9H,5,10-13H2,(H,20,24). The van der Waals surface area contributed by atoms with Crippen LogP contribution in [0.3, 0.4) is 0 Å². The number of carbonyl (C=O) groups excluding carboxylic acids is 1. The van der Waals surface area contributed by atoms with Crippen molar-refractivity contribution >= 4 is 29.0 Å². The number of hydrogen-bond acceptors (Lipinski definition) is 5. The van der Waals surface area contributed by atoms with E-state index in [2.05, 4.69) is 20.2 Å². The number of benzene rings is 1. The highest BCUT2D eigenvalue weighted by molar-refractivity contribution is 5.89. The molecule has 0 spiro atoms. The molecule has 1 aliphatic heterocycles. The maximum atomic E-state index is 12.5. The lowest BCUT2D eigenvalue weighted by Crippen LogP contribution is -2.38. The first-order chi connectivity index (χ1) is 12.3. The molecule has 3 heterocycles. The zero-order chi connectivity index (χ0) is 17.1. The lowest BCUT2D eigenvalue weighted by Gasteiger charge is -2.21. The molecule has 0 unspecified atom stereocenters. The van der Waals surface area contributed by atoms with Crippen LogP contribution in [-0.2, 0) is 0 Å². The third-order valence-electron chi connectivity index (χ3n) is 4.23. The van der Waals surface area contributed by atoms with Crippen LogP contribution in [0.2, 0.25) is 0 Å². The summed E-state index contributed by atoms with van der Waals surface area (Å²) in [5.41, 5.74) is 2.10. The predicted octanol–water partition coefficient (Wildman–Crippen LogP) is 2.97. The molecule has 0 radical (unpaired) electrons. The first-order valence-corrected chi connectivity index (χ1v) is 8.37. The fourth-order valence-corrected chi connectivity index (χ4v) is 2.93. The highest BCUT2D eigenvalue weighted by Crippen LogP contribution is 2.21. The number of para-hydroxylation sites is 1. The van der Waals surface area contributed by atoms with Crippen LogP contribution in [0.25, 0.3) is 11.2 Å². The maximum absolute atomic E-state index is 12.5. The van der Waals surface area contributed by atoms with Crippen molar-refractivity contribution in [3.05, 3.63) is 48.7 Å². The smallest absolute Gasteiger partial charge is 0.321 e. The van der Waals surface area contributed by atoms with Crippen molar-refractivity contribution in [2.75, 3.05) is 36.4 Å². The molecule has 1 fully saturated rings. The Morgan fingerprint density at radius 1 is 1.04 bits per heavy atom. The van der Waals surface area contributed by atoms with Crippen LogP contribution in [0.15, 0.2) is 53.1 Å². The van der Waals surface area contributed by atoms with Crippen molar-refractivity contribution in [1.29, 1.82) is 0 Å². The molecule has 1 aromatic carbocycles. The molecule has 25 heavy (non-hydrogen) atoms. The van der Waals surface area contributed by atoms with Gasteiger partial charge in [0.05, 0.1) is 0 Å². The average molecular weight is 337 g/mol. The first-order valence-electron chi connectivity index (χ1n) is 8.37. The summed E-state index contributed by atoms with van der Waals surface area (Å²) < 4.78 is 5.79. The summed E-state index contributed by atoms with van der Waals surface area (Å²) in [5, 5.41) is 2.93. The van der Waals surface area contributed by atoms with Gasteiger partial charge in [-0.25, -0.2) is 9.78 Å². The van der Waals surface area contributed by atoms with Crippen LogP contribution in [0.1, 0.15) is 6.42 Å². The van der Waals surface area contributed by atoms with Gasteiger partial charge in [0.25, 0.3) is 6.01 Å². The maximum Gasteiger partial charge on any atom is 0.321 e. The highest BCUT2D eigenvalue weighted by Gasteiger charge is 2.22. The van der Waals surface area contributed by atoms with E-state index in [1.807, 2.05) is 47.4 Å². The minimum atomic E-state index is -0.0766. The molecule has 0 bridgehead atoms. The van der Waals surface area contributed by atoms with Crippen LogP contribution >= 0.6 is 0 Å². The molecule has 1 N–H and O–H groups in total. The molecular formula is C18H19N5O2. The molecule has 0 aliphatic carbocycles. The molecule has 0 saturated carbocycles. The Morgan fingerprint density at radius 2 is 1.92 bits per heavy atom. The second-order valence-corrected chi connectivity index (χ2v) is 5.95. The van der Waals surface area contributed by atoms with Crippen molar-refractivity contribution < 1.29 is 9.21 Å². The Labute approximate surface area is 145 Å². The molecular weight excluding hydrogens is 318 g/mol. The largest absolute Gasteiger partial charge is 0.422 e. The number of fused-ring (bicyclic) bond motifs is 1. The summed E-state index contributed by atoms with van der Waals surface area (Å²) in [6.07, 6.45) is 2.56. The number of carbonyl (C=O) groups is 1. The number of urea groups is 1. The van der Waals surface area contributed by atoms with E-state index in [4.69, 9.17) is 4.42 Å². The van der Waals surface area contributed by atoms with Gasteiger partial charge in [-0.3, -0.25) is 0 Å². The second kappa shape index (κ2) is 6.80. The monoisotopic (exact) mass is 337 g/mol. The summed E-state index contributed by atoms with van der Waals surface area (Å²) in [6.45, 7) is 2.79. The third-order valence-corrected chi connectivity index (χ3v) is 4.23. The SMILES string of the molecule is O=C(Nc1ccccc1)N1CCCN(c2nc3ncccc3o2)CC1. The number of nitrogens with one attached hydrogen (secondary N) is 1. The number of aromatic nitrogens is 2. The van der Waals surface area contributed by atoms with Crippen LogP contribution < -0.4 is 10.2 Å². The van der Waals surface area contributed by atoms with Gasteiger partial charge in [0.15, 0.2) is 5.58 Å². The Hall–Kier alpha value is -3.09. The third kappa shape index (κ3) is 3.40. The Balaban J connectivity index is 1.42. The van der Waals surface area contributed by atoms with Crippen LogP contribution in [0.5, 0.6) is 0 Å². The molecule has 2 amide bonds. The van der Waals surface area contributed by atoms with E-state index in [-0.39, 0.29) is 6.03 Å². The summed E-state index contributed by atoms with van der Waals surface area (Å²) in [4.78, 5) is 25.0. The Bertz CT molecular complexity index is 831. The molecule has 0 atom stereocenters. The average Bonchev–Trinajstić information content (AvgIpc) is 2.91. The lowest BCUT2D eigenvalue weighted by molar-refractivity contribution is 0.215. The molecule has 1 aliphatic rings. The number of rotatable bonds is 2. The lowest BCUT2D eigenvalue weighted by atomic mass is 10.3. The predicted molar refractivity (Wildman–Crippen MR) is 95.7 cm³/mol. The Morgan fingerprint density at radius 3 is 2.76 bits per heavy atom. The molecule has 2 aromatic heterocycles. The zero-order valence-corrected chi connectivity index (χ0v) is 13.8. The van der Waals surface area contributed by atoms with Crippen LogP contribution in [0, 0.1) is 0 Å². The molecule has 7 nitrogen and oxygen atoms in total. The zero-order valence-electron chi connectivity index (χ0n) is 13.8. The first kappa shape index (κ1) is 15.4. The fraction of sp³-hybridized carbons (Fsp3) is 0.278. The van der Waals surface area contributed by atoms with Gasteiger partial charge >= 0.3 is 6.03 Å². The second-order valence-electron chi connectivity index (χ2n) is 5.95. The van der Waals surface area contributed by atoms with Crippen molar-refractivity contribution in [2.24, 2.45) is 0 Å². The van der Waals surface area contributed by atoms with Gasteiger partial charge in [0.1, 0.15) is 0 Å². The summed E-state index contributed by atoms with van der Waals surface area (Å²) in [7, 11) is 0. The van der Waals surface area contributed by atoms with Crippen molar-refractivity contribution in [2.45, 2.75) is 6.42 Å². The van der Waals surface area contributed by atoms with E-state index in [0.29, 0.717) is 36.9 Å². The molecule has 7 heteroatoms. The minimum absolute atomic E-state index is 0.0766. The summed E-state index contributed by atoms with van der Waals surface area (Å²) in [5.74, 6) is 0. The minimum Gasteiger partial charge on any atom is -0.422 e. The van der Waals surface area contributed by atoms with Crippen molar-refractivity contribution in [3.8, 4) is 0 Å². The molecule has 128 valence electrons. The van der Waals surface area contributed by atoms with E-state index in [9.17, 15) is 4.79 Å². The molecule has 1 saturated heterocycles. The summed E-state index contributed by atoms with van der Waals surface area (Å²) >= 11 is 0. The topological polar surface area (TPSA) is 74.5 Å². The fourth-order valence-electron chi connectivity index (χ4n) is 2.93. The van der Waals surface area contributed by atoms with Crippen molar-refractivity contribution in [3.63, 3.8) is 0 Å². The van der Waals surface area contributed by atoms with E-state index < -0.39 is 0 Å². The highest BCUT2D eigenvalue weighted by atomic mass is 16.4. The molecule has 4 rings (SSSR count). The van der Waals surface area contributed by atoms with Gasteiger partial charge in [-0.15, -0.1) is 0 Å². The number of pyridine rings is 1. The normalized spacial score (nSPS) is 15.2. The van der Waals surface area contributed by atoms with Gasteiger partial charge in [-0.2, -0.15) is 4.98 Å². The van der Waals surface area contributed by atoms with Crippen molar-refractivity contribution in [1.82, 2.24) is 14.9 Å². The number of oxazole rings is 1. The van der Waals surface area contributed by atoms with E-state index in [0.717, 1.165) is 18.7 Å². The quantitative estimate of drug-likeness (QED) is 0.778. The van der Waals surface area contributed by atoms with Gasteiger partial charge in [-0.05, 0) is 30.7 Å². The van der Waals surface area contributed by atoms with E-state index in [1.54, 1.807) is 6.20 Å². The number of amides is 2. The number of anilines is 2. The summed E-state index contributed by atoms with van der Waals surface area (Å²) in [6, 6.07) is 13.7. The van der Waals surface area contributed by atoms with Crippen LogP contribution in [-0.4, -0.2) is 47.1 Å².